The van der Waals surface area contributed by atoms with Gasteiger partial charge in [-0.05, 0) is 18.2 Å². The number of aromatic carboxylic acids is 1. The first-order valence-electron chi connectivity index (χ1n) is 5.58. The standard InChI is InChI=1S/C13H7N3O5/c14-7-8-4-5-11(10(6-8)16(19)20)21-12-3-1-2-9(15-12)13(17)18/h1-6H,(H,17,18). The van der Waals surface area contributed by atoms with Crippen LogP contribution in [0.25, 0.3) is 0 Å². The largest absolute Gasteiger partial charge is 0.477 e. The Morgan fingerprint density at radius 3 is 2.76 bits per heavy atom. The molecule has 2 rings (SSSR count). The fourth-order valence-electron chi connectivity index (χ4n) is 1.52. The second-order valence-electron chi connectivity index (χ2n) is 3.82. The van der Waals surface area contributed by atoms with Crippen LogP contribution in [0, 0.1) is 21.4 Å². The molecular weight excluding hydrogens is 278 g/mol. The maximum Gasteiger partial charge on any atom is 0.354 e. The molecule has 0 amide bonds. The molecule has 2 aromatic rings. The Morgan fingerprint density at radius 1 is 1.38 bits per heavy atom. The van der Waals surface area contributed by atoms with Crippen molar-refractivity contribution in [1.29, 1.82) is 5.26 Å². The molecule has 0 unspecified atom stereocenters. The van der Waals surface area contributed by atoms with Crippen LogP contribution in [-0.2, 0) is 0 Å². The number of pyridine rings is 1. The molecule has 0 atom stereocenters. The molecule has 0 radical (unpaired) electrons. The van der Waals surface area contributed by atoms with E-state index in [4.69, 9.17) is 15.1 Å². The molecule has 1 aromatic carbocycles. The van der Waals surface area contributed by atoms with Crippen molar-refractivity contribution >= 4 is 11.7 Å². The van der Waals surface area contributed by atoms with E-state index in [0.717, 1.165) is 6.07 Å². The molecule has 0 saturated carbocycles. The molecule has 0 aliphatic carbocycles. The number of benzene rings is 1. The van der Waals surface area contributed by atoms with Crippen molar-refractivity contribution < 1.29 is 19.6 Å². The Kier molecular flexibility index (Phi) is 3.76. The second kappa shape index (κ2) is 5.66. The van der Waals surface area contributed by atoms with Crippen molar-refractivity contribution in [3.8, 4) is 17.7 Å². The average Bonchev–Trinajstić information content (AvgIpc) is 2.47. The van der Waals surface area contributed by atoms with E-state index in [-0.39, 0.29) is 22.9 Å². The van der Waals surface area contributed by atoms with Gasteiger partial charge in [0.25, 0.3) is 0 Å². The Balaban J connectivity index is 2.40. The highest BCUT2D eigenvalue weighted by Crippen LogP contribution is 2.31. The molecule has 0 spiro atoms. The molecule has 1 N–H and O–H groups in total. The number of carboxylic acids is 1. The molecule has 0 saturated heterocycles. The molecule has 0 bridgehead atoms. The van der Waals surface area contributed by atoms with E-state index in [0.29, 0.717) is 0 Å². The lowest BCUT2D eigenvalue weighted by Gasteiger charge is -2.06. The number of hydrogen-bond donors (Lipinski definition) is 1. The summed E-state index contributed by atoms with van der Waals surface area (Å²) in [5, 5.41) is 28.5. The Hall–Kier alpha value is -3.47. The van der Waals surface area contributed by atoms with Gasteiger partial charge in [-0.25, -0.2) is 9.78 Å². The lowest BCUT2D eigenvalue weighted by Crippen LogP contribution is -2.01. The first kappa shape index (κ1) is 14.0. The molecule has 8 nitrogen and oxygen atoms in total. The quantitative estimate of drug-likeness (QED) is 0.674. The van der Waals surface area contributed by atoms with Gasteiger partial charge in [0.05, 0.1) is 16.6 Å². The monoisotopic (exact) mass is 285 g/mol. The number of carbonyl (C=O) groups is 1. The summed E-state index contributed by atoms with van der Waals surface area (Å²) < 4.78 is 5.24. The second-order valence-corrected chi connectivity index (χ2v) is 3.82. The minimum atomic E-state index is -1.24. The van der Waals surface area contributed by atoms with Gasteiger partial charge in [-0.1, -0.05) is 6.07 Å². The van der Waals surface area contributed by atoms with E-state index in [1.54, 1.807) is 6.07 Å². The number of hydrogen-bond acceptors (Lipinski definition) is 6. The molecule has 8 heteroatoms. The predicted molar refractivity (Wildman–Crippen MR) is 69.1 cm³/mol. The zero-order chi connectivity index (χ0) is 15.4. The number of nitrogens with zero attached hydrogens (tertiary/aromatic N) is 3. The summed E-state index contributed by atoms with van der Waals surface area (Å²) in [5.74, 6) is -1.47. The van der Waals surface area contributed by atoms with Crippen molar-refractivity contribution in [2.45, 2.75) is 0 Å². The molecule has 104 valence electrons. The van der Waals surface area contributed by atoms with Crippen molar-refractivity contribution in [3.63, 3.8) is 0 Å². The summed E-state index contributed by atoms with van der Waals surface area (Å²) in [6.45, 7) is 0. The Bertz CT molecular complexity index is 767. The molecular formula is C13H7N3O5. The molecule has 0 aliphatic rings. The maximum atomic E-state index is 11.0. The summed E-state index contributed by atoms with van der Waals surface area (Å²) in [5.41, 5.74) is -0.540. The van der Waals surface area contributed by atoms with Gasteiger partial charge in [-0.15, -0.1) is 0 Å². The number of rotatable bonds is 4. The highest BCUT2D eigenvalue weighted by Gasteiger charge is 2.17. The minimum absolute atomic E-state index is 0.0947. The van der Waals surface area contributed by atoms with Crippen molar-refractivity contribution in [1.82, 2.24) is 4.98 Å². The van der Waals surface area contributed by atoms with E-state index in [2.05, 4.69) is 4.98 Å². The van der Waals surface area contributed by atoms with Gasteiger partial charge >= 0.3 is 11.7 Å². The summed E-state index contributed by atoms with van der Waals surface area (Å²) >= 11 is 0. The van der Waals surface area contributed by atoms with Gasteiger partial charge in [-0.2, -0.15) is 5.26 Å². The third kappa shape index (κ3) is 3.10. The predicted octanol–water partition coefficient (Wildman–Crippen LogP) is 2.35. The zero-order valence-corrected chi connectivity index (χ0v) is 10.4. The highest BCUT2D eigenvalue weighted by atomic mass is 16.6. The lowest BCUT2D eigenvalue weighted by atomic mass is 10.2. The van der Waals surface area contributed by atoms with Crippen LogP contribution < -0.4 is 4.74 Å². The number of carboxylic acid groups (broad SMARTS) is 1. The third-order valence-electron chi connectivity index (χ3n) is 2.44. The summed E-state index contributed by atoms with van der Waals surface area (Å²) in [4.78, 5) is 24.8. The topological polar surface area (TPSA) is 126 Å². The first-order chi connectivity index (χ1) is 10.0. The van der Waals surface area contributed by atoms with Crippen molar-refractivity contribution in [2.75, 3.05) is 0 Å². The number of nitro groups is 1. The third-order valence-corrected chi connectivity index (χ3v) is 2.44. The van der Waals surface area contributed by atoms with Crippen molar-refractivity contribution in [3.05, 3.63) is 57.8 Å². The van der Waals surface area contributed by atoms with Crippen LogP contribution in [0.15, 0.2) is 36.4 Å². The normalized spacial score (nSPS) is 9.67. The fraction of sp³-hybridized carbons (Fsp3) is 0. The van der Waals surface area contributed by atoms with Crippen LogP contribution in [-0.4, -0.2) is 21.0 Å². The smallest absolute Gasteiger partial charge is 0.354 e. The van der Waals surface area contributed by atoms with E-state index in [1.165, 1.54) is 30.3 Å². The van der Waals surface area contributed by atoms with Gasteiger partial charge in [0.2, 0.25) is 11.6 Å². The molecule has 0 aliphatic heterocycles. The number of ether oxygens (including phenoxy) is 1. The number of aromatic nitrogens is 1. The van der Waals surface area contributed by atoms with Crippen molar-refractivity contribution in [2.24, 2.45) is 0 Å². The van der Waals surface area contributed by atoms with Crippen LogP contribution in [0.5, 0.6) is 11.6 Å². The maximum absolute atomic E-state index is 11.0. The lowest BCUT2D eigenvalue weighted by molar-refractivity contribution is -0.385. The van der Waals surface area contributed by atoms with Crippen LogP contribution >= 0.6 is 0 Å². The summed E-state index contributed by atoms with van der Waals surface area (Å²) in [6.07, 6.45) is 0. The van der Waals surface area contributed by atoms with Gasteiger partial charge in [0, 0.05) is 12.1 Å². The number of nitro benzene ring substituents is 1. The average molecular weight is 285 g/mol. The molecule has 1 heterocycles. The van der Waals surface area contributed by atoms with Gasteiger partial charge < -0.3 is 9.84 Å². The summed E-state index contributed by atoms with van der Waals surface area (Å²) in [6, 6.07) is 9.50. The SMILES string of the molecule is N#Cc1ccc(Oc2cccc(C(=O)O)n2)c([N+](=O)[O-])c1. The fourth-order valence-corrected chi connectivity index (χ4v) is 1.52. The zero-order valence-electron chi connectivity index (χ0n) is 10.4. The first-order valence-corrected chi connectivity index (χ1v) is 5.58. The van der Waals surface area contributed by atoms with Crippen LogP contribution in [0.3, 0.4) is 0 Å². The van der Waals surface area contributed by atoms with E-state index in [1.807, 2.05) is 0 Å². The Morgan fingerprint density at radius 2 is 2.14 bits per heavy atom. The number of nitriles is 1. The van der Waals surface area contributed by atoms with E-state index >= 15 is 0 Å². The van der Waals surface area contributed by atoms with Gasteiger partial charge in [0.1, 0.15) is 0 Å². The van der Waals surface area contributed by atoms with Crippen LogP contribution in [0.1, 0.15) is 16.1 Å². The van der Waals surface area contributed by atoms with E-state index in [9.17, 15) is 14.9 Å². The van der Waals surface area contributed by atoms with Crippen LogP contribution in [0.2, 0.25) is 0 Å². The van der Waals surface area contributed by atoms with Gasteiger partial charge in [0.15, 0.2) is 5.69 Å². The van der Waals surface area contributed by atoms with Gasteiger partial charge in [-0.3, -0.25) is 10.1 Å². The van der Waals surface area contributed by atoms with Crippen LogP contribution in [0.4, 0.5) is 5.69 Å². The van der Waals surface area contributed by atoms with E-state index < -0.39 is 16.6 Å². The molecule has 1 aromatic heterocycles. The Labute approximate surface area is 118 Å². The summed E-state index contributed by atoms with van der Waals surface area (Å²) in [7, 11) is 0. The highest BCUT2D eigenvalue weighted by molar-refractivity contribution is 5.85. The minimum Gasteiger partial charge on any atom is -0.477 e. The molecule has 21 heavy (non-hydrogen) atoms. The molecule has 0 fully saturated rings.